The van der Waals surface area contributed by atoms with E-state index in [1.807, 2.05) is 0 Å². The number of ether oxygens (including phenoxy) is 1. The molecule has 0 N–H and O–H groups in total. The van der Waals surface area contributed by atoms with E-state index in [-0.39, 0.29) is 24.4 Å². The second-order valence-electron chi connectivity index (χ2n) is 5.44. The number of imide groups is 1. The number of carbonyl (C=O) groups excluding carboxylic acids is 3. The first-order valence-corrected chi connectivity index (χ1v) is 7.62. The van der Waals surface area contributed by atoms with Crippen LogP contribution in [0.25, 0.3) is 5.65 Å². The van der Waals surface area contributed by atoms with Crippen LogP contribution in [0, 0.1) is 0 Å². The summed E-state index contributed by atoms with van der Waals surface area (Å²) in [5.41, 5.74) is 0.233. The summed E-state index contributed by atoms with van der Waals surface area (Å²) in [5, 5.41) is 0.389. The summed E-state index contributed by atoms with van der Waals surface area (Å²) < 4.78 is 6.28. The van der Waals surface area contributed by atoms with Crippen LogP contribution in [0.15, 0.2) is 29.2 Å². The third kappa shape index (κ3) is 3.45. The Morgan fingerprint density at radius 2 is 2.08 bits per heavy atom. The maximum absolute atomic E-state index is 12.0. The van der Waals surface area contributed by atoms with Gasteiger partial charge in [-0.1, -0.05) is 11.6 Å². The van der Waals surface area contributed by atoms with Gasteiger partial charge in [0.05, 0.1) is 10.7 Å². The van der Waals surface area contributed by atoms with E-state index in [1.165, 1.54) is 28.6 Å². The second-order valence-corrected chi connectivity index (χ2v) is 5.88. The summed E-state index contributed by atoms with van der Waals surface area (Å²) >= 11 is 5.83. The Labute approximate surface area is 146 Å². The molecule has 0 bridgehead atoms. The number of carbonyl (C=O) groups is 3. The van der Waals surface area contributed by atoms with Crippen molar-refractivity contribution in [3.63, 3.8) is 0 Å². The standard InChI is InChI=1S/C15H13ClN4O5/c1-18-6-13(22)20(15(18)24)7-14(23)25-8-10-4-12(21)19-5-9(16)2-3-11(19)17-10/h2-5H,6-8H2,1H3. The Hall–Kier alpha value is -2.94. The van der Waals surface area contributed by atoms with Crippen LogP contribution in [0.1, 0.15) is 5.69 Å². The fraction of sp³-hybridized carbons (Fsp3) is 0.267. The first-order chi connectivity index (χ1) is 11.8. The van der Waals surface area contributed by atoms with Crippen molar-refractivity contribution in [3.8, 4) is 0 Å². The Bertz CT molecular complexity index is 941. The molecule has 130 valence electrons. The number of aromatic nitrogens is 2. The van der Waals surface area contributed by atoms with E-state index in [4.69, 9.17) is 16.3 Å². The Morgan fingerprint density at radius 3 is 2.76 bits per heavy atom. The lowest BCUT2D eigenvalue weighted by Gasteiger charge is -2.13. The predicted octanol–water partition coefficient (Wildman–Crippen LogP) is 0.285. The SMILES string of the molecule is CN1CC(=O)N(CC(=O)OCc2cc(=O)n3cc(Cl)ccc3n2)C1=O. The van der Waals surface area contributed by atoms with Crippen LogP contribution in [0.4, 0.5) is 4.79 Å². The molecule has 3 heterocycles. The van der Waals surface area contributed by atoms with Gasteiger partial charge in [0.1, 0.15) is 25.3 Å². The third-order valence-electron chi connectivity index (χ3n) is 3.58. The van der Waals surface area contributed by atoms with E-state index in [9.17, 15) is 19.2 Å². The van der Waals surface area contributed by atoms with E-state index in [1.54, 1.807) is 12.1 Å². The van der Waals surface area contributed by atoms with E-state index >= 15 is 0 Å². The molecule has 25 heavy (non-hydrogen) atoms. The molecule has 1 saturated heterocycles. The van der Waals surface area contributed by atoms with E-state index in [0.717, 1.165) is 4.90 Å². The number of esters is 1. The number of hydrogen-bond acceptors (Lipinski definition) is 6. The van der Waals surface area contributed by atoms with Crippen LogP contribution in [0.3, 0.4) is 0 Å². The molecule has 0 spiro atoms. The first kappa shape index (κ1) is 16.9. The maximum Gasteiger partial charge on any atom is 0.327 e. The number of fused-ring (bicyclic) bond motifs is 1. The molecule has 10 heteroatoms. The minimum Gasteiger partial charge on any atom is -0.458 e. The van der Waals surface area contributed by atoms with Gasteiger partial charge in [-0.2, -0.15) is 0 Å². The van der Waals surface area contributed by atoms with E-state index in [2.05, 4.69) is 4.98 Å². The van der Waals surface area contributed by atoms with Gasteiger partial charge in [0.15, 0.2) is 0 Å². The fourth-order valence-electron chi connectivity index (χ4n) is 2.35. The highest BCUT2D eigenvalue weighted by Gasteiger charge is 2.35. The van der Waals surface area contributed by atoms with Gasteiger partial charge in [-0.15, -0.1) is 0 Å². The Kier molecular flexibility index (Phi) is 4.41. The lowest BCUT2D eigenvalue weighted by atomic mass is 10.4. The molecule has 0 saturated carbocycles. The summed E-state index contributed by atoms with van der Waals surface area (Å²) in [7, 11) is 1.46. The molecule has 0 aliphatic carbocycles. The van der Waals surface area contributed by atoms with Gasteiger partial charge in [0.2, 0.25) is 0 Å². The summed E-state index contributed by atoms with van der Waals surface area (Å²) in [6.45, 7) is -0.804. The molecule has 0 aromatic carbocycles. The smallest absolute Gasteiger partial charge is 0.327 e. The number of likely N-dealkylation sites (N-methyl/N-ethyl adjacent to an activating group) is 1. The average molecular weight is 365 g/mol. The number of hydrogen-bond donors (Lipinski definition) is 0. The van der Waals surface area contributed by atoms with Crippen LogP contribution < -0.4 is 5.56 Å². The van der Waals surface area contributed by atoms with Gasteiger partial charge in [0.25, 0.3) is 11.5 Å². The minimum atomic E-state index is -0.768. The largest absolute Gasteiger partial charge is 0.458 e. The normalized spacial score (nSPS) is 14.5. The van der Waals surface area contributed by atoms with Crippen molar-refractivity contribution in [1.82, 2.24) is 19.2 Å². The highest BCUT2D eigenvalue weighted by Crippen LogP contribution is 2.10. The van der Waals surface area contributed by atoms with Crippen molar-refractivity contribution in [3.05, 3.63) is 45.5 Å². The van der Waals surface area contributed by atoms with Crippen molar-refractivity contribution in [1.29, 1.82) is 0 Å². The zero-order chi connectivity index (χ0) is 18.1. The molecule has 3 rings (SSSR count). The number of pyridine rings is 1. The van der Waals surface area contributed by atoms with Crippen LogP contribution >= 0.6 is 11.6 Å². The lowest BCUT2D eigenvalue weighted by Crippen LogP contribution is -2.36. The monoisotopic (exact) mass is 364 g/mol. The topological polar surface area (TPSA) is 101 Å². The first-order valence-electron chi connectivity index (χ1n) is 7.24. The van der Waals surface area contributed by atoms with Crippen molar-refractivity contribution in [2.45, 2.75) is 6.61 Å². The van der Waals surface area contributed by atoms with Crippen LogP contribution in [0.2, 0.25) is 5.02 Å². The molecule has 1 fully saturated rings. The van der Waals surface area contributed by atoms with Gasteiger partial charge < -0.3 is 9.64 Å². The molecular weight excluding hydrogens is 352 g/mol. The van der Waals surface area contributed by atoms with Crippen molar-refractivity contribution < 1.29 is 19.1 Å². The maximum atomic E-state index is 12.0. The van der Waals surface area contributed by atoms with Gasteiger partial charge in [0, 0.05) is 19.3 Å². The van der Waals surface area contributed by atoms with Crippen molar-refractivity contribution in [2.24, 2.45) is 0 Å². The highest BCUT2D eigenvalue weighted by atomic mass is 35.5. The van der Waals surface area contributed by atoms with E-state index < -0.39 is 24.5 Å². The minimum absolute atomic E-state index is 0.0718. The summed E-state index contributed by atoms with van der Waals surface area (Å²) in [5.74, 6) is -1.24. The fourth-order valence-corrected chi connectivity index (χ4v) is 2.51. The Morgan fingerprint density at radius 1 is 1.32 bits per heavy atom. The molecular formula is C15H13ClN4O5. The molecule has 2 aromatic heterocycles. The van der Waals surface area contributed by atoms with Crippen molar-refractivity contribution >= 4 is 35.2 Å². The summed E-state index contributed by atoms with van der Waals surface area (Å²) in [6, 6.07) is 3.81. The van der Waals surface area contributed by atoms with Gasteiger partial charge in [-0.3, -0.25) is 23.7 Å². The lowest BCUT2D eigenvalue weighted by molar-refractivity contribution is -0.148. The van der Waals surface area contributed by atoms with Gasteiger partial charge >= 0.3 is 12.0 Å². The van der Waals surface area contributed by atoms with Crippen LogP contribution in [-0.4, -0.2) is 57.2 Å². The molecule has 0 unspecified atom stereocenters. The van der Waals surface area contributed by atoms with Crippen LogP contribution in [0.5, 0.6) is 0 Å². The zero-order valence-corrected chi connectivity index (χ0v) is 13.9. The summed E-state index contributed by atoms with van der Waals surface area (Å²) in [4.78, 5) is 53.4. The summed E-state index contributed by atoms with van der Waals surface area (Å²) in [6.07, 6.45) is 1.43. The molecule has 2 aromatic rings. The van der Waals surface area contributed by atoms with Gasteiger partial charge in [-0.25, -0.2) is 9.78 Å². The number of amides is 3. The molecule has 0 radical (unpaired) electrons. The molecule has 1 aliphatic heterocycles. The average Bonchev–Trinajstić information content (AvgIpc) is 2.80. The van der Waals surface area contributed by atoms with E-state index in [0.29, 0.717) is 10.7 Å². The number of urea groups is 1. The molecule has 3 amide bonds. The van der Waals surface area contributed by atoms with Crippen molar-refractivity contribution in [2.75, 3.05) is 20.1 Å². The second kappa shape index (κ2) is 6.52. The van der Waals surface area contributed by atoms with Crippen LogP contribution in [-0.2, 0) is 20.9 Å². The zero-order valence-electron chi connectivity index (χ0n) is 13.1. The number of rotatable bonds is 4. The highest BCUT2D eigenvalue weighted by molar-refractivity contribution is 6.30. The molecule has 9 nitrogen and oxygen atoms in total. The van der Waals surface area contributed by atoms with Gasteiger partial charge in [-0.05, 0) is 12.1 Å². The molecule has 1 aliphatic rings. The quantitative estimate of drug-likeness (QED) is 0.570. The third-order valence-corrected chi connectivity index (χ3v) is 3.80. The Balaban J connectivity index is 1.67. The number of halogens is 1. The molecule has 0 atom stereocenters. The number of nitrogens with zero attached hydrogens (tertiary/aromatic N) is 4. The predicted molar refractivity (Wildman–Crippen MR) is 86.0 cm³/mol.